The number of rotatable bonds is 5. The van der Waals surface area contributed by atoms with Gasteiger partial charge in [0.1, 0.15) is 17.1 Å². The van der Waals surface area contributed by atoms with Crippen molar-refractivity contribution in [1.29, 1.82) is 0 Å². The van der Waals surface area contributed by atoms with Crippen molar-refractivity contribution in [2.45, 2.75) is 26.4 Å². The summed E-state index contributed by atoms with van der Waals surface area (Å²) in [5.41, 5.74) is 0.908. The van der Waals surface area contributed by atoms with Gasteiger partial charge in [-0.15, -0.1) is 0 Å². The molecular formula is C14H15F3N2O2. The highest BCUT2D eigenvalue weighted by atomic mass is 19.4. The van der Waals surface area contributed by atoms with Crippen LogP contribution < -0.4 is 4.74 Å². The third kappa shape index (κ3) is 3.74. The zero-order valence-corrected chi connectivity index (χ0v) is 11.6. The number of carbonyl (C=O) groups is 1. The summed E-state index contributed by atoms with van der Waals surface area (Å²) in [7, 11) is 0. The summed E-state index contributed by atoms with van der Waals surface area (Å²) in [5.74, 6) is 0.0850. The monoisotopic (exact) mass is 300 g/mol. The first-order valence-corrected chi connectivity index (χ1v) is 6.49. The minimum atomic E-state index is -4.24. The fraction of sp³-hybridized carbons (Fsp3) is 0.429. The van der Waals surface area contributed by atoms with Crippen LogP contribution in [0, 0.1) is 5.92 Å². The van der Waals surface area contributed by atoms with Crippen LogP contribution >= 0.6 is 0 Å². The highest BCUT2D eigenvalue weighted by Crippen LogP contribution is 2.21. The highest BCUT2D eigenvalue weighted by molar-refractivity contribution is 5.96. The molecule has 0 aromatic carbocycles. The molecule has 21 heavy (non-hydrogen) atoms. The summed E-state index contributed by atoms with van der Waals surface area (Å²) in [6.07, 6.45) is -2.23. The zero-order chi connectivity index (χ0) is 15.6. The third-order valence-electron chi connectivity index (χ3n) is 2.92. The van der Waals surface area contributed by atoms with Crippen molar-refractivity contribution in [2.24, 2.45) is 5.92 Å². The lowest BCUT2D eigenvalue weighted by Crippen LogP contribution is -2.13. The Bertz CT molecular complexity index is 647. The number of Topliss-reactive ketones (excluding diaryl/α,β-unsaturated/α-hetero) is 1. The van der Waals surface area contributed by atoms with Gasteiger partial charge >= 0.3 is 6.18 Å². The van der Waals surface area contributed by atoms with Crippen LogP contribution in [-0.4, -0.2) is 28.0 Å². The predicted molar refractivity (Wildman–Crippen MR) is 70.5 cm³/mol. The van der Waals surface area contributed by atoms with E-state index in [-0.39, 0.29) is 11.7 Å². The van der Waals surface area contributed by atoms with E-state index in [1.807, 2.05) is 0 Å². The lowest BCUT2D eigenvalue weighted by molar-refractivity contribution is -0.139. The van der Waals surface area contributed by atoms with E-state index in [1.165, 1.54) is 18.3 Å². The van der Waals surface area contributed by atoms with Gasteiger partial charge in [0.05, 0.1) is 19.2 Å². The molecule has 0 fully saturated rings. The molecule has 0 aliphatic rings. The molecule has 0 atom stereocenters. The molecule has 4 nitrogen and oxygen atoms in total. The van der Waals surface area contributed by atoms with Crippen LogP contribution in [0.1, 0.15) is 30.8 Å². The summed E-state index contributed by atoms with van der Waals surface area (Å²) in [6, 6.07) is 3.02. The Morgan fingerprint density at radius 1 is 1.43 bits per heavy atom. The first kappa shape index (κ1) is 15.3. The van der Waals surface area contributed by atoms with E-state index in [0.717, 1.165) is 0 Å². The van der Waals surface area contributed by atoms with E-state index in [2.05, 4.69) is 4.98 Å². The fourth-order valence-electron chi connectivity index (χ4n) is 1.81. The normalized spacial score (nSPS) is 12.1. The average Bonchev–Trinajstić information content (AvgIpc) is 2.79. The zero-order valence-electron chi connectivity index (χ0n) is 11.6. The number of hydrogen-bond donors (Lipinski definition) is 0. The van der Waals surface area contributed by atoms with Crippen molar-refractivity contribution in [3.05, 3.63) is 30.2 Å². The molecule has 0 saturated heterocycles. The molecule has 0 unspecified atom stereocenters. The van der Waals surface area contributed by atoms with E-state index in [4.69, 9.17) is 4.74 Å². The second-order valence-electron chi connectivity index (χ2n) is 4.97. The van der Waals surface area contributed by atoms with Crippen LogP contribution in [-0.2, 0) is 0 Å². The van der Waals surface area contributed by atoms with Crippen LogP contribution in [0.15, 0.2) is 24.5 Å². The van der Waals surface area contributed by atoms with Gasteiger partial charge in [0.2, 0.25) is 0 Å². The maximum Gasteiger partial charge on any atom is 0.392 e. The predicted octanol–water partition coefficient (Wildman–Crippen LogP) is 3.50. The molecule has 0 aliphatic carbocycles. The highest BCUT2D eigenvalue weighted by Gasteiger charge is 2.26. The first-order valence-electron chi connectivity index (χ1n) is 6.49. The molecule has 0 radical (unpaired) electrons. The molecule has 0 saturated carbocycles. The third-order valence-corrected chi connectivity index (χ3v) is 2.92. The number of ether oxygens (including phenoxy) is 1. The second-order valence-corrected chi connectivity index (χ2v) is 4.97. The molecule has 0 amide bonds. The molecule has 2 aromatic heterocycles. The van der Waals surface area contributed by atoms with Gasteiger partial charge in [-0.05, 0) is 6.07 Å². The Hall–Kier alpha value is -2.05. The number of fused-ring (bicyclic) bond motifs is 1. The number of hydrogen-bond acceptors (Lipinski definition) is 3. The summed E-state index contributed by atoms with van der Waals surface area (Å²) >= 11 is 0. The van der Waals surface area contributed by atoms with Crippen molar-refractivity contribution in [3.8, 4) is 5.75 Å². The topological polar surface area (TPSA) is 43.6 Å². The van der Waals surface area contributed by atoms with Crippen molar-refractivity contribution in [1.82, 2.24) is 9.38 Å². The van der Waals surface area contributed by atoms with Gasteiger partial charge < -0.3 is 4.74 Å². The molecule has 0 bridgehead atoms. The van der Waals surface area contributed by atoms with Crippen LogP contribution in [0.5, 0.6) is 5.75 Å². The lowest BCUT2D eigenvalue weighted by atomic mass is 10.1. The molecule has 0 N–H and O–H groups in total. The molecule has 0 aliphatic heterocycles. The quantitative estimate of drug-likeness (QED) is 0.794. The lowest BCUT2D eigenvalue weighted by Gasteiger charge is -2.09. The van der Waals surface area contributed by atoms with Crippen LogP contribution in [0.25, 0.3) is 5.65 Å². The van der Waals surface area contributed by atoms with E-state index in [9.17, 15) is 18.0 Å². The van der Waals surface area contributed by atoms with Gasteiger partial charge in [-0.2, -0.15) is 13.2 Å². The number of imidazole rings is 1. The first-order chi connectivity index (χ1) is 9.78. The Balaban J connectivity index is 2.15. The molecule has 2 heterocycles. The number of aromatic nitrogens is 2. The molecule has 2 rings (SSSR count). The van der Waals surface area contributed by atoms with Gasteiger partial charge in [0.15, 0.2) is 5.78 Å². The number of halogens is 3. The standard InChI is InChI=1S/C14H15F3N2O2/c1-9(2)13(20)11-8-18-12-7-10(3-5-19(11)12)21-6-4-14(15,16)17/h3,5,7-9H,4,6H2,1-2H3. The van der Waals surface area contributed by atoms with Crippen LogP contribution in [0.4, 0.5) is 13.2 Å². The molecule has 0 spiro atoms. The summed E-state index contributed by atoms with van der Waals surface area (Å²) in [4.78, 5) is 16.0. The Morgan fingerprint density at radius 3 is 2.76 bits per heavy atom. The maximum atomic E-state index is 12.0. The number of carbonyl (C=O) groups excluding carboxylic acids is 1. The maximum absolute atomic E-state index is 12.0. The van der Waals surface area contributed by atoms with E-state index in [0.29, 0.717) is 17.1 Å². The number of ketones is 1. The van der Waals surface area contributed by atoms with Crippen molar-refractivity contribution < 1.29 is 22.7 Å². The smallest absolute Gasteiger partial charge is 0.392 e. The summed E-state index contributed by atoms with van der Waals surface area (Å²) < 4.78 is 42.8. The Labute approximate surface area is 119 Å². The van der Waals surface area contributed by atoms with Crippen molar-refractivity contribution >= 4 is 11.4 Å². The van der Waals surface area contributed by atoms with E-state index in [1.54, 1.807) is 24.4 Å². The fourth-order valence-corrected chi connectivity index (χ4v) is 1.81. The van der Waals surface area contributed by atoms with Gasteiger partial charge in [-0.1, -0.05) is 13.8 Å². The second kappa shape index (κ2) is 5.75. The van der Waals surface area contributed by atoms with E-state index >= 15 is 0 Å². The minimum Gasteiger partial charge on any atom is -0.493 e. The van der Waals surface area contributed by atoms with Crippen LogP contribution in [0.3, 0.4) is 0 Å². The van der Waals surface area contributed by atoms with Crippen molar-refractivity contribution in [3.63, 3.8) is 0 Å². The molecule has 114 valence electrons. The molecule has 7 heteroatoms. The largest absolute Gasteiger partial charge is 0.493 e. The Kier molecular flexibility index (Phi) is 4.20. The van der Waals surface area contributed by atoms with Crippen molar-refractivity contribution in [2.75, 3.05) is 6.61 Å². The Morgan fingerprint density at radius 2 is 2.14 bits per heavy atom. The van der Waals surface area contributed by atoms with Gasteiger partial charge in [0, 0.05) is 18.2 Å². The number of nitrogens with zero attached hydrogens (tertiary/aromatic N) is 2. The summed E-state index contributed by atoms with van der Waals surface area (Å²) in [5, 5.41) is 0. The van der Waals surface area contributed by atoms with E-state index < -0.39 is 19.2 Å². The van der Waals surface area contributed by atoms with Crippen LogP contribution in [0.2, 0.25) is 0 Å². The molecular weight excluding hydrogens is 285 g/mol. The molecule has 2 aromatic rings. The minimum absolute atomic E-state index is 0.0479. The average molecular weight is 300 g/mol. The number of alkyl halides is 3. The summed E-state index contributed by atoms with van der Waals surface area (Å²) in [6.45, 7) is 3.13. The SMILES string of the molecule is CC(C)C(=O)c1cnc2cc(OCCC(F)(F)F)ccn12. The number of pyridine rings is 1. The van der Waals surface area contributed by atoms with Gasteiger partial charge in [-0.3, -0.25) is 9.20 Å². The van der Waals surface area contributed by atoms with Gasteiger partial charge in [-0.25, -0.2) is 4.98 Å². The van der Waals surface area contributed by atoms with Gasteiger partial charge in [0.25, 0.3) is 0 Å².